The number of aryl methyl sites for hydroxylation is 1. The summed E-state index contributed by atoms with van der Waals surface area (Å²) in [6, 6.07) is 5.95. The number of nitrogens with two attached hydrogens (primary N) is 3. The average molecular weight is 193 g/mol. The SMILES string of the molecule is CCc1cccc(C(N)(N)N)c1CC. The molecule has 0 heterocycles. The van der Waals surface area contributed by atoms with Gasteiger partial charge in [-0.05, 0) is 24.0 Å². The van der Waals surface area contributed by atoms with E-state index in [2.05, 4.69) is 19.9 Å². The molecule has 0 atom stereocenters. The van der Waals surface area contributed by atoms with E-state index >= 15 is 0 Å². The van der Waals surface area contributed by atoms with Gasteiger partial charge in [0.05, 0.1) is 0 Å². The largest absolute Gasteiger partial charge is 0.297 e. The first-order chi connectivity index (χ1) is 6.50. The molecule has 14 heavy (non-hydrogen) atoms. The van der Waals surface area contributed by atoms with Gasteiger partial charge in [-0.1, -0.05) is 32.0 Å². The van der Waals surface area contributed by atoms with Crippen LogP contribution in [0, 0.1) is 0 Å². The first-order valence-corrected chi connectivity index (χ1v) is 4.98. The van der Waals surface area contributed by atoms with Crippen molar-refractivity contribution < 1.29 is 0 Å². The standard InChI is InChI=1S/C11H19N3/c1-3-8-6-5-7-10(9(8)4-2)11(12,13)14/h5-7H,3-4,12-14H2,1-2H3. The molecule has 0 unspecified atom stereocenters. The van der Waals surface area contributed by atoms with Crippen LogP contribution >= 0.6 is 0 Å². The van der Waals surface area contributed by atoms with Gasteiger partial charge < -0.3 is 0 Å². The summed E-state index contributed by atoms with van der Waals surface area (Å²) in [5.41, 5.74) is 20.4. The molecule has 0 aliphatic rings. The molecule has 3 nitrogen and oxygen atoms in total. The van der Waals surface area contributed by atoms with E-state index in [1.165, 1.54) is 11.1 Å². The Morgan fingerprint density at radius 2 is 1.71 bits per heavy atom. The lowest BCUT2D eigenvalue weighted by Crippen LogP contribution is -2.55. The van der Waals surface area contributed by atoms with Crippen LogP contribution in [0.5, 0.6) is 0 Å². The maximum atomic E-state index is 5.71. The monoisotopic (exact) mass is 193 g/mol. The maximum Gasteiger partial charge on any atom is 0.143 e. The second kappa shape index (κ2) is 4.09. The Balaban J connectivity index is 3.29. The summed E-state index contributed by atoms with van der Waals surface area (Å²) >= 11 is 0. The van der Waals surface area contributed by atoms with Gasteiger partial charge in [-0.3, -0.25) is 17.2 Å². The van der Waals surface area contributed by atoms with Crippen molar-refractivity contribution in [3.63, 3.8) is 0 Å². The van der Waals surface area contributed by atoms with Gasteiger partial charge in [0.2, 0.25) is 0 Å². The highest BCUT2D eigenvalue weighted by Gasteiger charge is 2.19. The van der Waals surface area contributed by atoms with Crippen molar-refractivity contribution in [1.82, 2.24) is 0 Å². The van der Waals surface area contributed by atoms with Gasteiger partial charge in [0.25, 0.3) is 0 Å². The minimum absolute atomic E-state index is 0.847. The number of hydrogen-bond acceptors (Lipinski definition) is 3. The molecular weight excluding hydrogens is 174 g/mol. The third-order valence-electron chi connectivity index (χ3n) is 2.47. The van der Waals surface area contributed by atoms with Crippen molar-refractivity contribution in [1.29, 1.82) is 0 Å². The molecule has 1 aromatic rings. The molecule has 0 fully saturated rings. The van der Waals surface area contributed by atoms with Crippen molar-refractivity contribution in [3.05, 3.63) is 34.9 Å². The molecule has 0 aromatic heterocycles. The summed E-state index contributed by atoms with van der Waals surface area (Å²) in [4.78, 5) is 0. The molecule has 1 rings (SSSR count). The Morgan fingerprint density at radius 3 is 2.14 bits per heavy atom. The average Bonchev–Trinajstić information content (AvgIpc) is 2.15. The minimum atomic E-state index is -1.23. The zero-order chi connectivity index (χ0) is 10.8. The first-order valence-electron chi connectivity index (χ1n) is 4.98. The van der Waals surface area contributed by atoms with Gasteiger partial charge in [-0.15, -0.1) is 0 Å². The van der Waals surface area contributed by atoms with Gasteiger partial charge in [0.15, 0.2) is 0 Å². The fourth-order valence-electron chi connectivity index (χ4n) is 1.79. The highest BCUT2D eigenvalue weighted by Crippen LogP contribution is 2.19. The van der Waals surface area contributed by atoms with E-state index in [-0.39, 0.29) is 0 Å². The molecule has 78 valence electrons. The fraction of sp³-hybridized carbons (Fsp3) is 0.455. The topological polar surface area (TPSA) is 78.1 Å². The third kappa shape index (κ3) is 2.12. The first kappa shape index (κ1) is 11.2. The lowest BCUT2D eigenvalue weighted by atomic mass is 9.94. The third-order valence-corrected chi connectivity index (χ3v) is 2.47. The number of benzene rings is 1. The molecule has 0 bridgehead atoms. The Morgan fingerprint density at radius 1 is 1.07 bits per heavy atom. The van der Waals surface area contributed by atoms with E-state index in [4.69, 9.17) is 17.2 Å². The molecule has 0 saturated carbocycles. The molecular formula is C11H19N3. The maximum absolute atomic E-state index is 5.71. The lowest BCUT2D eigenvalue weighted by Gasteiger charge is -2.23. The zero-order valence-corrected chi connectivity index (χ0v) is 8.88. The van der Waals surface area contributed by atoms with Crippen LogP contribution < -0.4 is 17.2 Å². The van der Waals surface area contributed by atoms with Crippen LogP contribution in [0.2, 0.25) is 0 Å². The van der Waals surface area contributed by atoms with Gasteiger partial charge in [-0.2, -0.15) is 0 Å². The van der Waals surface area contributed by atoms with Crippen LogP contribution in [0.3, 0.4) is 0 Å². The van der Waals surface area contributed by atoms with Gasteiger partial charge >= 0.3 is 0 Å². The molecule has 0 amide bonds. The van der Waals surface area contributed by atoms with Crippen LogP contribution in [0.1, 0.15) is 30.5 Å². The van der Waals surface area contributed by atoms with E-state index in [0.717, 1.165) is 18.4 Å². The van der Waals surface area contributed by atoms with Crippen LogP contribution in [-0.4, -0.2) is 0 Å². The Bertz CT molecular complexity index is 313. The van der Waals surface area contributed by atoms with Gasteiger partial charge in [0, 0.05) is 5.56 Å². The number of rotatable bonds is 3. The second-order valence-corrected chi connectivity index (χ2v) is 3.58. The van der Waals surface area contributed by atoms with E-state index in [1.807, 2.05) is 12.1 Å². The van der Waals surface area contributed by atoms with Crippen molar-refractivity contribution in [2.24, 2.45) is 17.2 Å². The Kier molecular flexibility index (Phi) is 3.26. The fourth-order valence-corrected chi connectivity index (χ4v) is 1.79. The van der Waals surface area contributed by atoms with Crippen LogP contribution in [0.25, 0.3) is 0 Å². The van der Waals surface area contributed by atoms with Crippen molar-refractivity contribution in [2.45, 2.75) is 32.5 Å². The number of hydrogen-bond donors (Lipinski definition) is 3. The Hall–Kier alpha value is -0.900. The zero-order valence-electron chi connectivity index (χ0n) is 8.88. The highest BCUT2D eigenvalue weighted by atomic mass is 15.1. The normalized spacial score (nSPS) is 11.8. The van der Waals surface area contributed by atoms with E-state index < -0.39 is 5.79 Å². The van der Waals surface area contributed by atoms with Crippen LogP contribution in [0.15, 0.2) is 18.2 Å². The second-order valence-electron chi connectivity index (χ2n) is 3.58. The molecule has 6 N–H and O–H groups in total. The van der Waals surface area contributed by atoms with E-state index in [0.29, 0.717) is 0 Å². The van der Waals surface area contributed by atoms with Gasteiger partial charge in [-0.25, -0.2) is 0 Å². The summed E-state index contributed by atoms with van der Waals surface area (Å²) in [6.07, 6.45) is 1.89. The summed E-state index contributed by atoms with van der Waals surface area (Å²) in [6.45, 7) is 4.20. The summed E-state index contributed by atoms with van der Waals surface area (Å²) in [7, 11) is 0. The minimum Gasteiger partial charge on any atom is -0.297 e. The highest BCUT2D eigenvalue weighted by molar-refractivity contribution is 5.38. The molecule has 0 aliphatic carbocycles. The smallest absolute Gasteiger partial charge is 0.143 e. The summed E-state index contributed by atoms with van der Waals surface area (Å²) < 4.78 is 0. The quantitative estimate of drug-likeness (QED) is 0.621. The van der Waals surface area contributed by atoms with Crippen molar-refractivity contribution in [3.8, 4) is 0 Å². The molecule has 0 radical (unpaired) electrons. The van der Waals surface area contributed by atoms with E-state index in [1.54, 1.807) is 0 Å². The molecule has 3 heteroatoms. The molecule has 0 spiro atoms. The van der Waals surface area contributed by atoms with Crippen molar-refractivity contribution in [2.75, 3.05) is 0 Å². The Labute approximate surface area is 85.3 Å². The predicted molar refractivity (Wildman–Crippen MR) is 59.4 cm³/mol. The molecule has 1 aromatic carbocycles. The summed E-state index contributed by atoms with van der Waals surface area (Å²) in [5.74, 6) is -1.23. The van der Waals surface area contributed by atoms with Crippen LogP contribution in [0.4, 0.5) is 0 Å². The van der Waals surface area contributed by atoms with Gasteiger partial charge in [0.1, 0.15) is 5.79 Å². The van der Waals surface area contributed by atoms with Crippen LogP contribution in [-0.2, 0) is 18.6 Å². The van der Waals surface area contributed by atoms with Crippen molar-refractivity contribution >= 4 is 0 Å². The lowest BCUT2D eigenvalue weighted by molar-refractivity contribution is 0.483. The summed E-state index contributed by atoms with van der Waals surface area (Å²) in [5, 5.41) is 0. The molecule has 0 saturated heterocycles. The van der Waals surface area contributed by atoms with E-state index in [9.17, 15) is 0 Å². The predicted octanol–water partition coefficient (Wildman–Crippen LogP) is 0.798. The molecule has 0 aliphatic heterocycles.